The zero-order valence-electron chi connectivity index (χ0n) is 15.8. The molecule has 8 nitrogen and oxygen atoms in total. The lowest BCUT2D eigenvalue weighted by Crippen LogP contribution is -2.35. The number of anilines is 2. The highest BCUT2D eigenvalue weighted by Crippen LogP contribution is 2.31. The van der Waals surface area contributed by atoms with Crippen LogP contribution in [0.15, 0.2) is 48.5 Å². The van der Waals surface area contributed by atoms with Gasteiger partial charge in [0.2, 0.25) is 5.91 Å². The highest BCUT2D eigenvalue weighted by atomic mass is 32.2. The first-order valence-electron chi connectivity index (χ1n) is 8.89. The molecule has 2 N–H and O–H groups in total. The Morgan fingerprint density at radius 2 is 1.86 bits per heavy atom. The Morgan fingerprint density at radius 1 is 1.17 bits per heavy atom. The van der Waals surface area contributed by atoms with E-state index in [0.717, 1.165) is 0 Å². The van der Waals surface area contributed by atoms with E-state index in [2.05, 4.69) is 10.6 Å². The standard InChI is InChI=1S/C20H20N2O6S/c1-12-20(25)22-16-10-14(8-9-17(16)28-12)19(24)13(2)29(26,27)11-18(23)21-15-6-4-3-5-7-15/h3-10,12-13H,11H2,1-2H3,(H,21,23)(H,22,25). The molecule has 0 fully saturated rings. The molecule has 2 amide bonds. The summed E-state index contributed by atoms with van der Waals surface area (Å²) in [6.07, 6.45) is -0.661. The fourth-order valence-corrected chi connectivity index (χ4v) is 3.94. The van der Waals surface area contributed by atoms with E-state index in [0.29, 0.717) is 17.1 Å². The highest BCUT2D eigenvalue weighted by Gasteiger charge is 2.32. The minimum atomic E-state index is -4.05. The number of carbonyl (C=O) groups excluding carboxylic acids is 3. The SMILES string of the molecule is CC1Oc2ccc(C(=O)C(C)S(=O)(=O)CC(=O)Nc3ccccc3)cc2NC1=O. The Hall–Kier alpha value is -3.20. The van der Waals surface area contributed by atoms with Crippen molar-refractivity contribution in [3.8, 4) is 5.75 Å². The molecule has 0 saturated carbocycles. The Labute approximate surface area is 168 Å². The molecule has 9 heteroatoms. The van der Waals surface area contributed by atoms with Gasteiger partial charge in [-0.15, -0.1) is 0 Å². The third kappa shape index (κ3) is 4.62. The van der Waals surface area contributed by atoms with Gasteiger partial charge in [-0.1, -0.05) is 18.2 Å². The third-order valence-electron chi connectivity index (χ3n) is 4.49. The molecule has 0 aliphatic carbocycles. The van der Waals surface area contributed by atoms with Crippen molar-refractivity contribution in [2.24, 2.45) is 0 Å². The number of hydrogen-bond donors (Lipinski definition) is 2. The predicted molar refractivity (Wildman–Crippen MR) is 108 cm³/mol. The maximum absolute atomic E-state index is 12.7. The van der Waals surface area contributed by atoms with Crippen LogP contribution in [0.2, 0.25) is 0 Å². The number of amides is 2. The molecular formula is C20H20N2O6S. The smallest absolute Gasteiger partial charge is 0.265 e. The Kier molecular flexibility index (Phi) is 5.69. The van der Waals surface area contributed by atoms with Gasteiger partial charge in [0.25, 0.3) is 5.91 Å². The zero-order valence-corrected chi connectivity index (χ0v) is 16.7. The summed E-state index contributed by atoms with van der Waals surface area (Å²) in [6, 6.07) is 12.7. The third-order valence-corrected chi connectivity index (χ3v) is 6.45. The lowest BCUT2D eigenvalue weighted by atomic mass is 10.1. The van der Waals surface area contributed by atoms with E-state index in [4.69, 9.17) is 4.74 Å². The van der Waals surface area contributed by atoms with Crippen LogP contribution in [0, 0.1) is 0 Å². The molecular weight excluding hydrogens is 396 g/mol. The van der Waals surface area contributed by atoms with Gasteiger partial charge in [0.15, 0.2) is 21.7 Å². The van der Waals surface area contributed by atoms with Gasteiger partial charge < -0.3 is 15.4 Å². The summed E-state index contributed by atoms with van der Waals surface area (Å²) in [5.41, 5.74) is 0.860. The first-order chi connectivity index (χ1) is 13.7. The van der Waals surface area contributed by atoms with Gasteiger partial charge in [-0.25, -0.2) is 8.42 Å². The average Bonchev–Trinajstić information content (AvgIpc) is 2.67. The lowest BCUT2D eigenvalue weighted by Gasteiger charge is -2.23. The summed E-state index contributed by atoms with van der Waals surface area (Å²) in [5.74, 6) is -2.19. The largest absolute Gasteiger partial charge is 0.479 e. The average molecular weight is 416 g/mol. The van der Waals surface area contributed by atoms with Gasteiger partial charge in [0.05, 0.1) is 5.69 Å². The van der Waals surface area contributed by atoms with Crippen LogP contribution in [0.4, 0.5) is 11.4 Å². The minimum Gasteiger partial charge on any atom is -0.479 e. The Bertz CT molecular complexity index is 1070. The molecule has 1 aliphatic heterocycles. The fourth-order valence-electron chi connectivity index (χ4n) is 2.79. The Balaban J connectivity index is 1.72. The number of carbonyl (C=O) groups is 3. The molecule has 0 bridgehead atoms. The number of ketones is 1. The van der Waals surface area contributed by atoms with Gasteiger partial charge in [0.1, 0.15) is 16.8 Å². The summed E-state index contributed by atoms with van der Waals surface area (Å²) in [5, 5.41) is 3.67. The topological polar surface area (TPSA) is 119 Å². The van der Waals surface area contributed by atoms with Crippen molar-refractivity contribution in [3.63, 3.8) is 0 Å². The van der Waals surface area contributed by atoms with Crippen LogP contribution in [-0.2, 0) is 19.4 Å². The number of Topliss-reactive ketones (excluding diaryl/α,β-unsaturated/α-hetero) is 1. The van der Waals surface area contributed by atoms with E-state index in [1.807, 2.05) is 0 Å². The van der Waals surface area contributed by atoms with Crippen LogP contribution >= 0.6 is 0 Å². The monoisotopic (exact) mass is 416 g/mol. The summed E-state index contributed by atoms with van der Waals surface area (Å²) in [7, 11) is -4.05. The first kappa shape index (κ1) is 20.5. The zero-order chi connectivity index (χ0) is 21.2. The normalized spacial score (nSPS) is 16.8. The number of para-hydroxylation sites is 1. The maximum atomic E-state index is 12.7. The van der Waals surface area contributed by atoms with Crippen molar-refractivity contribution in [3.05, 3.63) is 54.1 Å². The Morgan fingerprint density at radius 3 is 2.55 bits per heavy atom. The van der Waals surface area contributed by atoms with Gasteiger partial charge in [-0.2, -0.15) is 0 Å². The molecule has 2 aromatic carbocycles. The van der Waals surface area contributed by atoms with E-state index in [9.17, 15) is 22.8 Å². The molecule has 152 valence electrons. The quantitative estimate of drug-likeness (QED) is 0.696. The summed E-state index contributed by atoms with van der Waals surface area (Å²) >= 11 is 0. The highest BCUT2D eigenvalue weighted by molar-refractivity contribution is 7.93. The lowest BCUT2D eigenvalue weighted by molar-refractivity contribution is -0.122. The summed E-state index contributed by atoms with van der Waals surface area (Å²) in [4.78, 5) is 36.5. The first-order valence-corrected chi connectivity index (χ1v) is 10.6. The number of ether oxygens (including phenoxy) is 1. The molecule has 2 atom stereocenters. The fraction of sp³-hybridized carbons (Fsp3) is 0.250. The van der Waals surface area contributed by atoms with Crippen LogP contribution in [0.25, 0.3) is 0 Å². The van der Waals surface area contributed by atoms with E-state index >= 15 is 0 Å². The molecule has 2 aromatic rings. The van der Waals surface area contributed by atoms with Crippen LogP contribution in [0.1, 0.15) is 24.2 Å². The van der Waals surface area contributed by atoms with Gasteiger partial charge in [-0.05, 0) is 44.2 Å². The maximum Gasteiger partial charge on any atom is 0.265 e. The molecule has 1 heterocycles. The molecule has 0 radical (unpaired) electrons. The van der Waals surface area contributed by atoms with Crippen LogP contribution in [0.3, 0.4) is 0 Å². The summed E-state index contributed by atoms with van der Waals surface area (Å²) < 4.78 is 30.5. The van der Waals surface area contributed by atoms with Crippen molar-refractivity contribution in [1.29, 1.82) is 0 Å². The minimum absolute atomic E-state index is 0.0988. The van der Waals surface area contributed by atoms with Crippen molar-refractivity contribution in [1.82, 2.24) is 0 Å². The second kappa shape index (κ2) is 8.04. The van der Waals surface area contributed by atoms with Crippen LogP contribution in [-0.4, -0.2) is 43.1 Å². The number of fused-ring (bicyclic) bond motifs is 1. The molecule has 2 unspecified atom stereocenters. The van der Waals surface area contributed by atoms with E-state index in [-0.39, 0.29) is 11.5 Å². The molecule has 0 spiro atoms. The number of benzene rings is 2. The van der Waals surface area contributed by atoms with Gasteiger partial charge in [0, 0.05) is 11.3 Å². The molecule has 0 aromatic heterocycles. The van der Waals surface area contributed by atoms with Gasteiger partial charge in [-0.3, -0.25) is 14.4 Å². The number of sulfone groups is 1. The molecule has 1 aliphatic rings. The second-order valence-corrected chi connectivity index (χ2v) is 9.01. The molecule has 3 rings (SSSR count). The number of nitrogens with one attached hydrogen (secondary N) is 2. The van der Waals surface area contributed by atoms with E-state index in [1.54, 1.807) is 37.3 Å². The van der Waals surface area contributed by atoms with Crippen LogP contribution in [0.5, 0.6) is 5.75 Å². The number of rotatable bonds is 6. The van der Waals surface area contributed by atoms with Crippen LogP contribution < -0.4 is 15.4 Å². The number of hydrogen-bond acceptors (Lipinski definition) is 6. The van der Waals surface area contributed by atoms with Crippen molar-refractivity contribution in [2.75, 3.05) is 16.4 Å². The van der Waals surface area contributed by atoms with E-state index in [1.165, 1.54) is 25.1 Å². The van der Waals surface area contributed by atoms with E-state index < -0.39 is 38.6 Å². The molecule has 29 heavy (non-hydrogen) atoms. The predicted octanol–water partition coefficient (Wildman–Crippen LogP) is 2.03. The van der Waals surface area contributed by atoms with Gasteiger partial charge >= 0.3 is 0 Å². The second-order valence-electron chi connectivity index (χ2n) is 6.69. The van der Waals surface area contributed by atoms with Crippen molar-refractivity contribution < 1.29 is 27.5 Å². The van der Waals surface area contributed by atoms with Crippen molar-refractivity contribution in [2.45, 2.75) is 25.2 Å². The van der Waals surface area contributed by atoms with Crippen molar-refractivity contribution >= 4 is 38.8 Å². The molecule has 0 saturated heterocycles. The summed E-state index contributed by atoms with van der Waals surface area (Å²) in [6.45, 7) is 2.83.